The largest absolute Gasteiger partial charge is 0.467 e. The van der Waals surface area contributed by atoms with E-state index in [1.54, 1.807) is 12.3 Å². The van der Waals surface area contributed by atoms with E-state index in [-0.39, 0.29) is 16.9 Å². The van der Waals surface area contributed by atoms with Crippen LogP contribution in [0.5, 0.6) is 0 Å². The molecular formula is C24H27N3O5S. The number of hydrogen-bond donors (Lipinski definition) is 2. The summed E-state index contributed by atoms with van der Waals surface area (Å²) in [5.74, 6) is -1.12. The van der Waals surface area contributed by atoms with E-state index >= 15 is 0 Å². The summed E-state index contributed by atoms with van der Waals surface area (Å²) in [6.45, 7) is 0.960. The molecule has 2 aromatic carbocycles. The Morgan fingerprint density at radius 1 is 1.09 bits per heavy atom. The third-order valence-electron chi connectivity index (χ3n) is 5.94. The number of hydrogen-bond acceptors (Lipinski definition) is 5. The van der Waals surface area contributed by atoms with Crippen molar-refractivity contribution in [1.29, 1.82) is 0 Å². The highest BCUT2D eigenvalue weighted by atomic mass is 32.2. The molecule has 1 aromatic heterocycles. The van der Waals surface area contributed by atoms with Crippen LogP contribution in [0.15, 0.2) is 59.6 Å². The molecule has 1 atom stereocenters. The van der Waals surface area contributed by atoms with Crippen molar-refractivity contribution in [1.82, 2.24) is 14.6 Å². The van der Waals surface area contributed by atoms with Gasteiger partial charge in [0.05, 0.1) is 12.0 Å². The molecule has 1 aliphatic heterocycles. The number of piperidine rings is 1. The van der Waals surface area contributed by atoms with Gasteiger partial charge in [-0.1, -0.05) is 30.7 Å². The standard InChI is InChI=1S/C24H27N3O5S/c1-32-24(29)22(15-18-16-25-21-11-4-3-10-20(18)21)26-23(28)17-8-7-9-19(14-17)33(30,31)27-12-5-2-6-13-27/h3-4,7-11,14,16,22,25H,2,5-6,12-13,15H2,1H3,(H,26,28)/t22-/m0/s1. The number of carbonyl (C=O) groups is 2. The van der Waals surface area contributed by atoms with Crippen molar-refractivity contribution >= 4 is 32.8 Å². The summed E-state index contributed by atoms with van der Waals surface area (Å²) < 4.78 is 32.3. The molecule has 1 amide bonds. The van der Waals surface area contributed by atoms with E-state index in [9.17, 15) is 18.0 Å². The lowest BCUT2D eigenvalue weighted by Crippen LogP contribution is -2.43. The molecule has 8 nitrogen and oxygen atoms in total. The van der Waals surface area contributed by atoms with Gasteiger partial charge >= 0.3 is 5.97 Å². The van der Waals surface area contributed by atoms with Crippen LogP contribution in [0.25, 0.3) is 10.9 Å². The topological polar surface area (TPSA) is 109 Å². The Balaban J connectivity index is 1.55. The minimum atomic E-state index is -3.68. The first-order valence-electron chi connectivity index (χ1n) is 10.9. The molecule has 174 valence electrons. The average Bonchev–Trinajstić information content (AvgIpc) is 3.26. The van der Waals surface area contributed by atoms with Crippen LogP contribution >= 0.6 is 0 Å². The molecule has 0 radical (unpaired) electrons. The lowest BCUT2D eigenvalue weighted by atomic mass is 10.0. The monoisotopic (exact) mass is 469 g/mol. The Labute approximate surface area is 193 Å². The number of rotatable bonds is 7. The Morgan fingerprint density at radius 3 is 2.61 bits per heavy atom. The number of amides is 1. The Hall–Kier alpha value is -3.17. The van der Waals surface area contributed by atoms with Crippen LogP contribution < -0.4 is 5.32 Å². The molecule has 0 spiro atoms. The number of nitrogens with one attached hydrogen (secondary N) is 2. The molecule has 2 N–H and O–H groups in total. The second-order valence-electron chi connectivity index (χ2n) is 8.11. The van der Waals surface area contributed by atoms with Crippen LogP contribution in [0.1, 0.15) is 35.2 Å². The normalized spacial score (nSPS) is 15.8. The van der Waals surface area contributed by atoms with Crippen molar-refractivity contribution in [3.05, 3.63) is 65.9 Å². The molecule has 2 heterocycles. The molecule has 0 bridgehead atoms. The molecule has 4 rings (SSSR count). The van der Waals surface area contributed by atoms with Crippen molar-refractivity contribution in [2.75, 3.05) is 20.2 Å². The third kappa shape index (κ3) is 4.94. The van der Waals surface area contributed by atoms with Crippen LogP contribution in [0.3, 0.4) is 0 Å². The summed E-state index contributed by atoms with van der Waals surface area (Å²) in [6.07, 6.45) is 4.70. The Morgan fingerprint density at radius 2 is 1.85 bits per heavy atom. The molecule has 0 saturated carbocycles. The number of sulfonamides is 1. The smallest absolute Gasteiger partial charge is 0.328 e. The minimum Gasteiger partial charge on any atom is -0.467 e. The summed E-state index contributed by atoms with van der Waals surface area (Å²) in [5.41, 5.74) is 1.96. The average molecular weight is 470 g/mol. The molecule has 33 heavy (non-hydrogen) atoms. The molecule has 1 saturated heterocycles. The molecule has 3 aromatic rings. The number of methoxy groups -OCH3 is 1. The first kappa shape index (κ1) is 23.0. The van der Waals surface area contributed by atoms with Gasteiger partial charge in [0.2, 0.25) is 10.0 Å². The maximum atomic E-state index is 13.0. The molecule has 1 aliphatic rings. The van der Waals surface area contributed by atoms with E-state index < -0.39 is 27.9 Å². The maximum Gasteiger partial charge on any atom is 0.328 e. The van der Waals surface area contributed by atoms with Gasteiger partial charge in [-0.3, -0.25) is 4.79 Å². The minimum absolute atomic E-state index is 0.0725. The van der Waals surface area contributed by atoms with Crippen molar-refractivity contribution in [3.63, 3.8) is 0 Å². The number of aromatic nitrogens is 1. The zero-order valence-electron chi connectivity index (χ0n) is 18.4. The molecule has 0 unspecified atom stereocenters. The summed E-state index contributed by atoms with van der Waals surface area (Å²) >= 11 is 0. The molecular weight excluding hydrogens is 442 g/mol. The van der Waals surface area contributed by atoms with Gasteiger partial charge in [-0.25, -0.2) is 13.2 Å². The van der Waals surface area contributed by atoms with Crippen LogP contribution in [0.2, 0.25) is 0 Å². The van der Waals surface area contributed by atoms with Gasteiger partial charge in [0.15, 0.2) is 0 Å². The fourth-order valence-corrected chi connectivity index (χ4v) is 5.71. The summed E-state index contributed by atoms with van der Waals surface area (Å²) in [4.78, 5) is 28.6. The second-order valence-corrected chi connectivity index (χ2v) is 10.0. The van der Waals surface area contributed by atoms with Crippen LogP contribution in [-0.4, -0.2) is 55.8 Å². The second kappa shape index (κ2) is 9.76. The first-order valence-corrected chi connectivity index (χ1v) is 12.4. The lowest BCUT2D eigenvalue weighted by Gasteiger charge is -2.26. The first-order chi connectivity index (χ1) is 15.9. The van der Waals surface area contributed by atoms with E-state index in [1.165, 1.54) is 29.6 Å². The van der Waals surface area contributed by atoms with Crippen molar-refractivity contribution in [3.8, 4) is 0 Å². The quantitative estimate of drug-likeness (QED) is 0.517. The third-order valence-corrected chi connectivity index (χ3v) is 7.83. The Kier molecular flexibility index (Phi) is 6.80. The highest BCUT2D eigenvalue weighted by Crippen LogP contribution is 2.22. The van der Waals surface area contributed by atoms with Crippen molar-refractivity contribution < 1.29 is 22.7 Å². The summed E-state index contributed by atoms with van der Waals surface area (Å²) in [7, 11) is -2.41. The zero-order valence-corrected chi connectivity index (χ0v) is 19.2. The fourth-order valence-electron chi connectivity index (χ4n) is 4.15. The van der Waals surface area contributed by atoms with Gasteiger partial charge in [0, 0.05) is 42.2 Å². The Bertz CT molecular complexity index is 1260. The van der Waals surface area contributed by atoms with Gasteiger partial charge in [-0.15, -0.1) is 0 Å². The highest BCUT2D eigenvalue weighted by Gasteiger charge is 2.28. The number of benzene rings is 2. The van der Waals surface area contributed by atoms with Crippen LogP contribution in [0, 0.1) is 0 Å². The number of para-hydroxylation sites is 1. The number of esters is 1. The predicted octanol–water partition coefficient (Wildman–Crippen LogP) is 2.86. The number of nitrogens with zero attached hydrogens (tertiary/aromatic N) is 1. The summed E-state index contributed by atoms with van der Waals surface area (Å²) in [5, 5.41) is 3.66. The highest BCUT2D eigenvalue weighted by molar-refractivity contribution is 7.89. The van der Waals surface area contributed by atoms with Gasteiger partial charge in [0.25, 0.3) is 5.91 Å². The van der Waals surface area contributed by atoms with Gasteiger partial charge in [-0.05, 0) is 42.7 Å². The van der Waals surface area contributed by atoms with Gasteiger partial charge < -0.3 is 15.0 Å². The van der Waals surface area contributed by atoms with E-state index in [0.29, 0.717) is 13.1 Å². The number of fused-ring (bicyclic) bond motifs is 1. The lowest BCUT2D eigenvalue weighted by molar-refractivity contribution is -0.142. The van der Waals surface area contributed by atoms with E-state index in [4.69, 9.17) is 4.74 Å². The van der Waals surface area contributed by atoms with Crippen LogP contribution in [0.4, 0.5) is 0 Å². The predicted molar refractivity (Wildman–Crippen MR) is 124 cm³/mol. The number of H-pyrrole nitrogens is 1. The molecule has 1 fully saturated rings. The van der Waals surface area contributed by atoms with Crippen molar-refractivity contribution in [2.45, 2.75) is 36.6 Å². The van der Waals surface area contributed by atoms with E-state index in [0.717, 1.165) is 35.7 Å². The van der Waals surface area contributed by atoms with Crippen LogP contribution in [-0.2, 0) is 26.0 Å². The number of ether oxygens (including phenoxy) is 1. The van der Waals surface area contributed by atoms with Gasteiger partial charge in [-0.2, -0.15) is 4.31 Å². The molecule has 0 aliphatic carbocycles. The zero-order chi connectivity index (χ0) is 23.4. The SMILES string of the molecule is COC(=O)[C@H](Cc1c[nH]c2ccccc12)NC(=O)c1cccc(S(=O)(=O)N2CCCCC2)c1. The summed E-state index contributed by atoms with van der Waals surface area (Å²) in [6, 6.07) is 12.7. The maximum absolute atomic E-state index is 13.0. The van der Waals surface area contributed by atoms with Gasteiger partial charge in [0.1, 0.15) is 6.04 Å². The number of aromatic amines is 1. The van der Waals surface area contributed by atoms with E-state index in [1.807, 2.05) is 24.3 Å². The van der Waals surface area contributed by atoms with Crippen molar-refractivity contribution in [2.24, 2.45) is 0 Å². The van der Waals surface area contributed by atoms with E-state index in [2.05, 4.69) is 10.3 Å². The molecule has 9 heteroatoms. The fraction of sp³-hybridized carbons (Fsp3) is 0.333. The number of carbonyl (C=O) groups excluding carboxylic acids is 2.